The van der Waals surface area contributed by atoms with Gasteiger partial charge in [-0.3, -0.25) is 4.90 Å². The third-order valence-corrected chi connectivity index (χ3v) is 4.80. The van der Waals surface area contributed by atoms with Crippen LogP contribution in [0.25, 0.3) is 0 Å². The van der Waals surface area contributed by atoms with Gasteiger partial charge in [0.1, 0.15) is 0 Å². The van der Waals surface area contributed by atoms with Gasteiger partial charge in [0.25, 0.3) is 0 Å². The molecule has 128 valence electrons. The number of urea groups is 1. The lowest BCUT2D eigenvalue weighted by Gasteiger charge is -2.46. The molecule has 2 aliphatic rings. The second-order valence-corrected chi connectivity index (χ2v) is 8.08. The molecule has 0 radical (unpaired) electrons. The van der Waals surface area contributed by atoms with Gasteiger partial charge in [0, 0.05) is 38.3 Å². The van der Waals surface area contributed by atoms with Gasteiger partial charge in [-0.05, 0) is 24.7 Å². The topological polar surface area (TPSA) is 35.6 Å². The lowest BCUT2D eigenvalue weighted by Crippen LogP contribution is -2.64. The number of carbonyl (C=O) groups excluding carboxylic acids is 1. The van der Waals surface area contributed by atoms with Crippen molar-refractivity contribution in [2.24, 2.45) is 11.8 Å². The lowest BCUT2D eigenvalue weighted by atomic mass is 9.95. The summed E-state index contributed by atoms with van der Waals surface area (Å²) in [4.78, 5) is 16.9. The van der Waals surface area contributed by atoms with E-state index in [1.807, 2.05) is 4.90 Å². The zero-order valence-electron chi connectivity index (χ0n) is 15.0. The van der Waals surface area contributed by atoms with E-state index in [-0.39, 0.29) is 6.03 Å². The highest BCUT2D eigenvalue weighted by Gasteiger charge is 2.35. The summed E-state index contributed by atoms with van der Waals surface area (Å²) >= 11 is 0. The normalized spacial score (nSPS) is 20.8. The summed E-state index contributed by atoms with van der Waals surface area (Å²) < 4.78 is 0. The van der Waals surface area contributed by atoms with Crippen LogP contribution in [-0.4, -0.2) is 54.1 Å². The predicted molar refractivity (Wildman–Crippen MR) is 92.0 cm³/mol. The third-order valence-electron chi connectivity index (χ3n) is 4.80. The van der Waals surface area contributed by atoms with Gasteiger partial charge in [-0.25, -0.2) is 4.79 Å². The molecule has 2 fully saturated rings. The minimum atomic E-state index is 0.164. The molecule has 0 bridgehead atoms. The van der Waals surface area contributed by atoms with Gasteiger partial charge in [-0.1, -0.05) is 47.0 Å². The van der Waals surface area contributed by atoms with Gasteiger partial charge >= 0.3 is 6.03 Å². The Hall–Kier alpha value is -0.770. The molecule has 4 heteroatoms. The van der Waals surface area contributed by atoms with Crippen molar-refractivity contribution in [3.8, 4) is 0 Å². The maximum atomic E-state index is 12.3. The Bertz CT molecular complexity index is 334. The van der Waals surface area contributed by atoms with Gasteiger partial charge in [0.2, 0.25) is 0 Å². The van der Waals surface area contributed by atoms with Crippen LogP contribution in [0.5, 0.6) is 0 Å². The van der Waals surface area contributed by atoms with Gasteiger partial charge in [0.05, 0.1) is 0 Å². The number of hydrogen-bond acceptors (Lipinski definition) is 2. The Morgan fingerprint density at radius 2 is 1.59 bits per heavy atom. The fourth-order valence-electron chi connectivity index (χ4n) is 3.68. The van der Waals surface area contributed by atoms with E-state index in [1.165, 1.54) is 19.3 Å². The molecule has 1 heterocycles. The second-order valence-electron chi connectivity index (χ2n) is 8.08. The number of amides is 2. The Morgan fingerprint density at radius 1 is 1.05 bits per heavy atom. The molecule has 0 unspecified atom stereocenters. The van der Waals surface area contributed by atoms with Crippen LogP contribution in [0.4, 0.5) is 4.79 Å². The molecule has 22 heavy (non-hydrogen) atoms. The summed E-state index contributed by atoms with van der Waals surface area (Å²) in [6.07, 6.45) is 6.19. The molecule has 0 aromatic heterocycles. The van der Waals surface area contributed by atoms with E-state index in [1.54, 1.807) is 0 Å². The van der Waals surface area contributed by atoms with Crippen molar-refractivity contribution in [3.63, 3.8) is 0 Å². The monoisotopic (exact) mass is 309 g/mol. The number of carbonyl (C=O) groups is 1. The Morgan fingerprint density at radius 3 is 2.09 bits per heavy atom. The van der Waals surface area contributed by atoms with Crippen molar-refractivity contribution in [1.29, 1.82) is 0 Å². The largest absolute Gasteiger partial charge is 0.335 e. The number of nitrogens with zero attached hydrogens (tertiary/aromatic N) is 2. The first-order valence-corrected chi connectivity index (χ1v) is 9.25. The summed E-state index contributed by atoms with van der Waals surface area (Å²) in [7, 11) is 0. The highest BCUT2D eigenvalue weighted by Crippen LogP contribution is 2.21. The molecule has 0 atom stereocenters. The van der Waals surface area contributed by atoms with Gasteiger partial charge in [-0.2, -0.15) is 0 Å². The molecule has 1 N–H and O–H groups in total. The summed E-state index contributed by atoms with van der Waals surface area (Å²) in [6, 6.07) is 1.14. The molecule has 0 aromatic carbocycles. The highest BCUT2D eigenvalue weighted by molar-refractivity contribution is 5.75. The van der Waals surface area contributed by atoms with E-state index in [4.69, 9.17) is 0 Å². The molecule has 0 aromatic rings. The fourth-order valence-corrected chi connectivity index (χ4v) is 3.68. The highest BCUT2D eigenvalue weighted by atomic mass is 16.2. The first kappa shape index (κ1) is 17.6. The predicted octanol–water partition coefficient (Wildman–Crippen LogP) is 3.33. The molecular weight excluding hydrogens is 274 g/mol. The minimum absolute atomic E-state index is 0.164. The summed E-state index contributed by atoms with van der Waals surface area (Å²) in [5, 5.41) is 3.23. The summed E-state index contributed by atoms with van der Waals surface area (Å²) in [6.45, 7) is 13.2. The zero-order chi connectivity index (χ0) is 16.1. The second kappa shape index (κ2) is 8.19. The molecule has 2 rings (SSSR count). The van der Waals surface area contributed by atoms with Crippen LogP contribution < -0.4 is 5.32 Å². The van der Waals surface area contributed by atoms with Crippen LogP contribution in [0.3, 0.4) is 0 Å². The van der Waals surface area contributed by atoms with Crippen LogP contribution in [0, 0.1) is 11.8 Å². The molecule has 0 spiro atoms. The Balaban J connectivity index is 1.75. The van der Waals surface area contributed by atoms with Crippen LogP contribution in [-0.2, 0) is 0 Å². The van der Waals surface area contributed by atoms with Crippen LogP contribution in [0.15, 0.2) is 0 Å². The zero-order valence-corrected chi connectivity index (χ0v) is 15.0. The molecular formula is C18H35N3O. The van der Waals surface area contributed by atoms with Gasteiger partial charge < -0.3 is 10.2 Å². The molecule has 1 aliphatic carbocycles. The SMILES string of the molecule is CC(C)CN(CC(C)C)C1CN(C(=O)NC2CCCCC2)C1. The van der Waals surface area contributed by atoms with Crippen molar-refractivity contribution in [3.05, 3.63) is 0 Å². The van der Waals surface area contributed by atoms with Crippen molar-refractivity contribution < 1.29 is 4.79 Å². The minimum Gasteiger partial charge on any atom is -0.335 e. The van der Waals surface area contributed by atoms with E-state index in [9.17, 15) is 4.79 Å². The van der Waals surface area contributed by atoms with Crippen molar-refractivity contribution in [2.45, 2.75) is 71.9 Å². The van der Waals surface area contributed by atoms with E-state index >= 15 is 0 Å². The fraction of sp³-hybridized carbons (Fsp3) is 0.944. The molecule has 2 amide bonds. The number of nitrogens with one attached hydrogen (secondary N) is 1. The first-order valence-electron chi connectivity index (χ1n) is 9.25. The Labute approximate surface area is 136 Å². The quantitative estimate of drug-likeness (QED) is 0.817. The molecule has 4 nitrogen and oxygen atoms in total. The molecule has 1 aliphatic heterocycles. The van der Waals surface area contributed by atoms with Crippen LogP contribution >= 0.6 is 0 Å². The van der Waals surface area contributed by atoms with Crippen LogP contribution in [0.1, 0.15) is 59.8 Å². The first-order chi connectivity index (χ1) is 10.5. The smallest absolute Gasteiger partial charge is 0.317 e. The van der Waals surface area contributed by atoms with Crippen molar-refractivity contribution in [1.82, 2.24) is 15.1 Å². The number of hydrogen-bond donors (Lipinski definition) is 1. The Kier molecular flexibility index (Phi) is 6.54. The standard InChI is InChI=1S/C18H35N3O/c1-14(2)10-20(11-15(3)4)17-12-21(13-17)18(22)19-16-8-6-5-7-9-16/h14-17H,5-13H2,1-4H3,(H,19,22). The van der Waals surface area contributed by atoms with Gasteiger partial charge in [0.15, 0.2) is 0 Å². The third kappa shape index (κ3) is 5.15. The van der Waals surface area contributed by atoms with E-state index in [2.05, 4.69) is 37.9 Å². The average Bonchev–Trinajstić information content (AvgIpc) is 2.36. The van der Waals surface area contributed by atoms with Crippen LogP contribution in [0.2, 0.25) is 0 Å². The van der Waals surface area contributed by atoms with Crippen molar-refractivity contribution in [2.75, 3.05) is 26.2 Å². The summed E-state index contributed by atoms with van der Waals surface area (Å²) in [5.74, 6) is 1.37. The number of likely N-dealkylation sites (tertiary alicyclic amines) is 1. The lowest BCUT2D eigenvalue weighted by molar-refractivity contribution is 0.0411. The van der Waals surface area contributed by atoms with E-state index < -0.39 is 0 Å². The summed E-state index contributed by atoms with van der Waals surface area (Å²) in [5.41, 5.74) is 0. The number of rotatable bonds is 6. The van der Waals surface area contributed by atoms with Crippen molar-refractivity contribution >= 4 is 6.03 Å². The maximum absolute atomic E-state index is 12.3. The van der Waals surface area contributed by atoms with E-state index in [0.717, 1.165) is 39.0 Å². The van der Waals surface area contributed by atoms with E-state index in [0.29, 0.717) is 23.9 Å². The average molecular weight is 309 g/mol. The molecule has 1 saturated carbocycles. The van der Waals surface area contributed by atoms with Gasteiger partial charge in [-0.15, -0.1) is 0 Å². The maximum Gasteiger partial charge on any atom is 0.317 e. The molecule has 1 saturated heterocycles.